The maximum Gasteiger partial charge on any atom is 0.305 e. The quantitative estimate of drug-likeness (QED) is 0.0561. The van der Waals surface area contributed by atoms with Gasteiger partial charge in [-0.05, 0) is 25.5 Å². The highest BCUT2D eigenvalue weighted by Gasteiger charge is 2.14. The number of esters is 1. The van der Waals surface area contributed by atoms with E-state index in [9.17, 15) is 13.2 Å². The van der Waals surface area contributed by atoms with Crippen LogP contribution in [0.15, 0.2) is 29.2 Å². The lowest BCUT2D eigenvalue weighted by Gasteiger charge is -2.09. The number of carbonyl (C=O) groups is 1. The van der Waals surface area contributed by atoms with Crippen molar-refractivity contribution < 1.29 is 60.0 Å². The van der Waals surface area contributed by atoms with Gasteiger partial charge in [0, 0.05) is 6.42 Å². The van der Waals surface area contributed by atoms with Gasteiger partial charge in [0.15, 0.2) is 0 Å². The third-order valence-corrected chi connectivity index (χ3v) is 7.93. The monoisotopic (exact) mass is 708 g/mol. The van der Waals surface area contributed by atoms with E-state index in [1.54, 1.807) is 12.1 Å². The first-order chi connectivity index (χ1) is 23.5. The zero-order chi connectivity index (χ0) is 34.8. The van der Waals surface area contributed by atoms with Gasteiger partial charge in [-0.25, -0.2) is 0 Å². The SMILES string of the molecule is CCCCCCCCC(=O)OCCOCCOCCOCCOCCOCCOCCOCCOCCOS(=O)(=O)c1ccc(C)cc1. The normalized spacial score (nSPS) is 11.7. The Balaban J connectivity index is 1.70. The van der Waals surface area contributed by atoms with Gasteiger partial charge in [0.2, 0.25) is 0 Å². The van der Waals surface area contributed by atoms with Gasteiger partial charge in [-0.3, -0.25) is 8.98 Å². The molecule has 1 rings (SSSR count). The number of benzene rings is 1. The summed E-state index contributed by atoms with van der Waals surface area (Å²) in [5.74, 6) is -0.152. The number of carbonyl (C=O) groups excluding carboxylic acids is 1. The van der Waals surface area contributed by atoms with E-state index in [2.05, 4.69) is 6.92 Å². The number of hydrogen-bond acceptors (Lipinski definition) is 13. The molecular formula is C34H60O13S. The third kappa shape index (κ3) is 28.2. The van der Waals surface area contributed by atoms with E-state index in [0.717, 1.165) is 18.4 Å². The molecule has 0 saturated heterocycles. The summed E-state index contributed by atoms with van der Waals surface area (Å²) in [5, 5.41) is 0. The highest BCUT2D eigenvalue weighted by molar-refractivity contribution is 7.86. The smallest absolute Gasteiger partial charge is 0.305 e. The van der Waals surface area contributed by atoms with Crippen LogP contribution in [-0.2, 0) is 61.7 Å². The van der Waals surface area contributed by atoms with Crippen LogP contribution >= 0.6 is 0 Å². The fraction of sp³-hybridized carbons (Fsp3) is 0.794. The third-order valence-electron chi connectivity index (χ3n) is 6.61. The summed E-state index contributed by atoms with van der Waals surface area (Å²) in [5.41, 5.74) is 0.974. The maximum atomic E-state index is 12.1. The Bertz CT molecular complexity index is 960. The average molecular weight is 709 g/mol. The summed E-state index contributed by atoms with van der Waals surface area (Å²) in [7, 11) is -3.78. The second-order valence-electron chi connectivity index (χ2n) is 10.7. The molecule has 0 heterocycles. The molecule has 0 atom stereocenters. The van der Waals surface area contributed by atoms with E-state index < -0.39 is 10.1 Å². The minimum Gasteiger partial charge on any atom is -0.463 e. The topological polar surface area (TPSA) is 144 Å². The summed E-state index contributed by atoms with van der Waals surface area (Å²) in [4.78, 5) is 11.8. The lowest BCUT2D eigenvalue weighted by molar-refractivity contribution is -0.145. The van der Waals surface area contributed by atoms with Gasteiger partial charge >= 0.3 is 5.97 Å². The Morgan fingerprint density at radius 1 is 0.500 bits per heavy atom. The predicted molar refractivity (Wildman–Crippen MR) is 180 cm³/mol. The van der Waals surface area contributed by atoms with E-state index in [4.69, 9.17) is 46.8 Å². The highest BCUT2D eigenvalue weighted by atomic mass is 32.2. The number of aryl methyl sites for hydroxylation is 1. The molecule has 13 nitrogen and oxygen atoms in total. The summed E-state index contributed by atoms with van der Waals surface area (Å²) in [6.45, 7) is 11.0. The van der Waals surface area contributed by atoms with Gasteiger partial charge in [0.05, 0.1) is 117 Å². The van der Waals surface area contributed by atoms with Crippen LogP contribution in [0.5, 0.6) is 0 Å². The minimum absolute atomic E-state index is 0.0614. The first kappa shape index (κ1) is 44.3. The van der Waals surface area contributed by atoms with Crippen molar-refractivity contribution in [2.75, 3.05) is 119 Å². The van der Waals surface area contributed by atoms with E-state index in [1.165, 1.54) is 37.8 Å². The van der Waals surface area contributed by atoms with Crippen molar-refractivity contribution >= 4 is 16.1 Å². The summed E-state index contributed by atoms with van der Waals surface area (Å²) in [6, 6.07) is 6.48. The van der Waals surface area contributed by atoms with E-state index in [1.807, 2.05) is 6.92 Å². The van der Waals surface area contributed by atoms with Crippen molar-refractivity contribution in [1.29, 1.82) is 0 Å². The second-order valence-corrected chi connectivity index (χ2v) is 12.3. The Morgan fingerprint density at radius 2 is 0.854 bits per heavy atom. The van der Waals surface area contributed by atoms with Crippen LogP contribution in [-0.4, -0.2) is 133 Å². The second kappa shape index (κ2) is 32.5. The van der Waals surface area contributed by atoms with Crippen LogP contribution in [0, 0.1) is 6.92 Å². The fourth-order valence-electron chi connectivity index (χ4n) is 3.95. The Morgan fingerprint density at radius 3 is 1.27 bits per heavy atom. The number of hydrogen-bond donors (Lipinski definition) is 0. The molecule has 1 aromatic rings. The highest BCUT2D eigenvalue weighted by Crippen LogP contribution is 2.13. The van der Waals surface area contributed by atoms with Gasteiger partial charge in [-0.2, -0.15) is 8.42 Å². The zero-order valence-electron chi connectivity index (χ0n) is 29.2. The van der Waals surface area contributed by atoms with E-state index >= 15 is 0 Å². The van der Waals surface area contributed by atoms with Crippen LogP contribution in [0.3, 0.4) is 0 Å². The zero-order valence-corrected chi connectivity index (χ0v) is 30.0. The molecule has 0 amide bonds. The number of unbranched alkanes of at least 4 members (excludes halogenated alkanes) is 5. The lowest BCUT2D eigenvalue weighted by Crippen LogP contribution is -2.16. The molecule has 0 fully saturated rings. The molecule has 280 valence electrons. The molecule has 1 aromatic carbocycles. The molecule has 48 heavy (non-hydrogen) atoms. The molecule has 0 spiro atoms. The first-order valence-electron chi connectivity index (χ1n) is 17.2. The average Bonchev–Trinajstić information content (AvgIpc) is 3.07. The Labute approximate surface area is 288 Å². The molecule has 0 saturated carbocycles. The van der Waals surface area contributed by atoms with Crippen molar-refractivity contribution in [3.05, 3.63) is 29.8 Å². The predicted octanol–water partition coefficient (Wildman–Crippen LogP) is 4.13. The maximum absolute atomic E-state index is 12.1. The van der Waals surface area contributed by atoms with E-state index in [-0.39, 0.29) is 30.7 Å². The van der Waals surface area contributed by atoms with Crippen molar-refractivity contribution in [2.24, 2.45) is 0 Å². The summed E-state index contributed by atoms with van der Waals surface area (Å²) >= 11 is 0. The Hall–Kier alpha value is -1.72. The minimum atomic E-state index is -3.78. The largest absolute Gasteiger partial charge is 0.463 e. The molecule has 14 heteroatoms. The molecule has 0 aliphatic carbocycles. The molecule has 0 radical (unpaired) electrons. The molecule has 0 aliphatic heterocycles. The summed E-state index contributed by atoms with van der Waals surface area (Å²) in [6.07, 6.45) is 7.38. The molecule has 0 bridgehead atoms. The lowest BCUT2D eigenvalue weighted by atomic mass is 10.1. The van der Waals surface area contributed by atoms with Crippen molar-refractivity contribution in [2.45, 2.75) is 63.7 Å². The molecule has 0 unspecified atom stereocenters. The molecule has 0 aliphatic rings. The van der Waals surface area contributed by atoms with Crippen LogP contribution < -0.4 is 0 Å². The van der Waals surface area contributed by atoms with Crippen LogP contribution in [0.2, 0.25) is 0 Å². The Kier molecular flexibility index (Phi) is 30.0. The van der Waals surface area contributed by atoms with Gasteiger partial charge in [0.25, 0.3) is 10.1 Å². The van der Waals surface area contributed by atoms with Gasteiger partial charge in [-0.1, -0.05) is 56.7 Å². The standard InChI is InChI=1S/C34H60O13S/c1-3-4-5-6-7-8-9-34(35)46-30-28-44-26-24-42-22-20-40-18-16-38-14-15-39-17-19-41-21-23-43-25-27-45-29-31-47-48(36,37)33-12-10-32(2)11-13-33/h10-13H,3-9,14-31H2,1-2H3. The molecular weight excluding hydrogens is 648 g/mol. The van der Waals surface area contributed by atoms with Gasteiger partial charge < -0.3 is 42.6 Å². The van der Waals surface area contributed by atoms with Crippen LogP contribution in [0.1, 0.15) is 57.4 Å². The first-order valence-corrected chi connectivity index (χ1v) is 18.6. The summed E-state index contributed by atoms with van der Waals surface area (Å²) < 4.78 is 77.7. The van der Waals surface area contributed by atoms with Gasteiger partial charge in [0.1, 0.15) is 6.61 Å². The van der Waals surface area contributed by atoms with Crippen molar-refractivity contribution in [1.82, 2.24) is 0 Å². The molecule has 0 aromatic heterocycles. The number of ether oxygens (including phenoxy) is 9. The van der Waals surface area contributed by atoms with Crippen LogP contribution in [0.4, 0.5) is 0 Å². The number of rotatable bonds is 36. The van der Waals surface area contributed by atoms with E-state index in [0.29, 0.717) is 106 Å². The molecule has 0 N–H and O–H groups in total. The van der Waals surface area contributed by atoms with Gasteiger partial charge in [-0.15, -0.1) is 0 Å². The fourth-order valence-corrected chi connectivity index (χ4v) is 4.85. The van der Waals surface area contributed by atoms with Crippen molar-refractivity contribution in [3.8, 4) is 0 Å². The van der Waals surface area contributed by atoms with Crippen LogP contribution in [0.25, 0.3) is 0 Å². The van der Waals surface area contributed by atoms with Crippen molar-refractivity contribution in [3.63, 3.8) is 0 Å².